The summed E-state index contributed by atoms with van der Waals surface area (Å²) in [5, 5.41) is 12.7. The Kier molecular flexibility index (Phi) is 4.50. The van der Waals surface area contributed by atoms with Gasteiger partial charge < -0.3 is 11.1 Å². The van der Waals surface area contributed by atoms with Crippen LogP contribution in [-0.2, 0) is 4.79 Å². The number of nitro benzene ring substituents is 1. The fourth-order valence-electron chi connectivity index (χ4n) is 1.23. The van der Waals surface area contributed by atoms with Gasteiger partial charge in [0.2, 0.25) is 5.91 Å². The number of hydrogen-bond acceptors (Lipinski definition) is 4. The van der Waals surface area contributed by atoms with Gasteiger partial charge >= 0.3 is 0 Å². The molecule has 1 unspecified atom stereocenters. The van der Waals surface area contributed by atoms with Crippen LogP contribution >= 0.6 is 0 Å². The van der Waals surface area contributed by atoms with Gasteiger partial charge in [-0.15, -0.1) is 6.58 Å². The van der Waals surface area contributed by atoms with E-state index in [1.54, 1.807) is 0 Å². The van der Waals surface area contributed by atoms with E-state index in [4.69, 9.17) is 5.73 Å². The topological polar surface area (TPSA) is 98.3 Å². The zero-order valence-corrected chi connectivity index (χ0v) is 9.43. The third-order valence-electron chi connectivity index (χ3n) is 2.18. The van der Waals surface area contributed by atoms with E-state index in [1.807, 2.05) is 0 Å². The zero-order valence-electron chi connectivity index (χ0n) is 9.43. The Bertz CT molecular complexity index is 490. The molecule has 18 heavy (non-hydrogen) atoms. The molecule has 0 aliphatic carbocycles. The molecule has 0 aliphatic rings. The summed E-state index contributed by atoms with van der Waals surface area (Å²) in [6.07, 6.45) is 1.72. The Balaban J connectivity index is 2.82. The number of non-ortho nitro benzene ring substituents is 1. The predicted octanol–water partition coefficient (Wildman–Crippen LogP) is 1.58. The fraction of sp³-hybridized carbons (Fsp3) is 0.182. The first-order chi connectivity index (χ1) is 8.45. The first-order valence-electron chi connectivity index (χ1n) is 5.07. The number of nitro groups is 1. The van der Waals surface area contributed by atoms with Crippen LogP contribution in [0.4, 0.5) is 15.8 Å². The van der Waals surface area contributed by atoms with E-state index in [9.17, 15) is 19.3 Å². The average molecular weight is 253 g/mol. The van der Waals surface area contributed by atoms with Gasteiger partial charge in [0.1, 0.15) is 0 Å². The van der Waals surface area contributed by atoms with E-state index in [0.29, 0.717) is 0 Å². The van der Waals surface area contributed by atoms with Gasteiger partial charge in [0.05, 0.1) is 22.7 Å². The maximum atomic E-state index is 13.4. The minimum absolute atomic E-state index is 0.148. The van der Waals surface area contributed by atoms with Crippen molar-refractivity contribution in [1.29, 1.82) is 0 Å². The lowest BCUT2D eigenvalue weighted by atomic mass is 10.2. The van der Waals surface area contributed by atoms with Gasteiger partial charge in [-0.3, -0.25) is 14.9 Å². The second kappa shape index (κ2) is 5.87. The van der Waals surface area contributed by atoms with Crippen LogP contribution in [0.2, 0.25) is 0 Å². The van der Waals surface area contributed by atoms with Crippen molar-refractivity contribution in [1.82, 2.24) is 0 Å². The second-order valence-corrected chi connectivity index (χ2v) is 3.54. The van der Waals surface area contributed by atoms with Gasteiger partial charge in [-0.25, -0.2) is 4.39 Å². The molecule has 0 bridgehead atoms. The smallest absolute Gasteiger partial charge is 0.272 e. The Morgan fingerprint density at radius 1 is 1.67 bits per heavy atom. The number of anilines is 1. The third-order valence-corrected chi connectivity index (χ3v) is 2.18. The summed E-state index contributed by atoms with van der Waals surface area (Å²) in [4.78, 5) is 21.2. The SMILES string of the molecule is C=CCC(N)C(=O)Nc1ccc([N+](=O)[O-])cc1F. The number of hydrogen-bond donors (Lipinski definition) is 2. The molecule has 1 aromatic rings. The summed E-state index contributed by atoms with van der Waals surface area (Å²) in [7, 11) is 0. The molecule has 0 spiro atoms. The molecule has 6 nitrogen and oxygen atoms in total. The van der Waals surface area contributed by atoms with Gasteiger partial charge in [0, 0.05) is 6.07 Å². The van der Waals surface area contributed by atoms with Gasteiger partial charge in [0.15, 0.2) is 5.82 Å². The molecule has 0 heterocycles. The number of nitrogens with zero attached hydrogens (tertiary/aromatic N) is 1. The Labute approximate surface area is 102 Å². The highest BCUT2D eigenvalue weighted by Gasteiger charge is 2.16. The van der Waals surface area contributed by atoms with E-state index in [1.165, 1.54) is 6.08 Å². The van der Waals surface area contributed by atoms with E-state index >= 15 is 0 Å². The molecule has 0 fully saturated rings. The van der Waals surface area contributed by atoms with Crippen LogP contribution in [-0.4, -0.2) is 16.9 Å². The lowest BCUT2D eigenvalue weighted by Gasteiger charge is -2.10. The first-order valence-corrected chi connectivity index (χ1v) is 5.07. The molecule has 7 heteroatoms. The summed E-state index contributed by atoms with van der Waals surface area (Å²) in [5.74, 6) is -1.47. The van der Waals surface area contributed by atoms with E-state index in [2.05, 4.69) is 11.9 Å². The summed E-state index contributed by atoms with van der Waals surface area (Å²) in [6.45, 7) is 3.43. The molecule has 96 valence electrons. The van der Waals surface area contributed by atoms with Crippen molar-refractivity contribution in [2.45, 2.75) is 12.5 Å². The summed E-state index contributed by atoms with van der Waals surface area (Å²) < 4.78 is 13.4. The van der Waals surface area contributed by atoms with Crippen molar-refractivity contribution < 1.29 is 14.1 Å². The number of halogens is 1. The van der Waals surface area contributed by atoms with Crippen LogP contribution in [0.3, 0.4) is 0 Å². The van der Waals surface area contributed by atoms with Crippen LogP contribution in [0.1, 0.15) is 6.42 Å². The first kappa shape index (κ1) is 13.8. The standard InChI is InChI=1S/C11H12FN3O3/c1-2-3-9(13)11(16)14-10-5-4-7(15(17)18)6-8(10)12/h2,4-6,9H,1,3,13H2,(H,14,16). The molecule has 1 rings (SSSR count). The van der Waals surface area contributed by atoms with Gasteiger partial charge in [-0.2, -0.15) is 0 Å². The fourth-order valence-corrected chi connectivity index (χ4v) is 1.23. The van der Waals surface area contributed by atoms with Crippen LogP contribution in [0, 0.1) is 15.9 Å². The molecule has 1 aromatic carbocycles. The van der Waals surface area contributed by atoms with E-state index in [-0.39, 0.29) is 17.8 Å². The molecule has 0 aliphatic heterocycles. The number of benzene rings is 1. The van der Waals surface area contributed by atoms with Gasteiger partial charge in [-0.1, -0.05) is 6.08 Å². The average Bonchev–Trinajstić information content (AvgIpc) is 2.31. The molecule has 1 atom stereocenters. The lowest BCUT2D eigenvalue weighted by Crippen LogP contribution is -2.35. The van der Waals surface area contributed by atoms with Crippen LogP contribution < -0.4 is 11.1 Å². The molecule has 0 saturated carbocycles. The maximum Gasteiger partial charge on any atom is 0.272 e. The highest BCUT2D eigenvalue weighted by molar-refractivity contribution is 5.94. The van der Waals surface area contributed by atoms with Gasteiger partial charge in [-0.05, 0) is 12.5 Å². The molecular weight excluding hydrogens is 241 g/mol. The van der Waals surface area contributed by atoms with Crippen molar-refractivity contribution in [3.63, 3.8) is 0 Å². The van der Waals surface area contributed by atoms with Crippen LogP contribution in [0.5, 0.6) is 0 Å². The van der Waals surface area contributed by atoms with Crippen molar-refractivity contribution in [3.05, 3.63) is 46.8 Å². The number of nitrogens with one attached hydrogen (secondary N) is 1. The molecule has 0 saturated heterocycles. The number of carbonyl (C=O) groups is 1. The molecule has 0 radical (unpaired) electrons. The zero-order chi connectivity index (χ0) is 13.7. The Morgan fingerprint density at radius 2 is 2.33 bits per heavy atom. The monoisotopic (exact) mass is 253 g/mol. The third kappa shape index (κ3) is 3.36. The van der Waals surface area contributed by atoms with Crippen LogP contribution in [0.25, 0.3) is 0 Å². The summed E-state index contributed by atoms with van der Waals surface area (Å²) in [5.41, 5.74) is 4.95. The normalized spacial score (nSPS) is 11.7. The quantitative estimate of drug-likeness (QED) is 0.472. The second-order valence-electron chi connectivity index (χ2n) is 3.54. The van der Waals surface area contributed by atoms with Crippen molar-refractivity contribution >= 4 is 17.3 Å². The summed E-state index contributed by atoms with van der Waals surface area (Å²) >= 11 is 0. The maximum absolute atomic E-state index is 13.4. The van der Waals surface area contributed by atoms with E-state index < -0.39 is 22.7 Å². The minimum atomic E-state index is -0.886. The number of nitrogens with two attached hydrogens (primary N) is 1. The number of amides is 1. The molecule has 0 aromatic heterocycles. The Morgan fingerprint density at radius 3 is 2.83 bits per heavy atom. The van der Waals surface area contributed by atoms with Crippen LogP contribution in [0.15, 0.2) is 30.9 Å². The lowest BCUT2D eigenvalue weighted by molar-refractivity contribution is -0.385. The highest BCUT2D eigenvalue weighted by Crippen LogP contribution is 2.20. The minimum Gasteiger partial charge on any atom is -0.322 e. The Hall–Kier alpha value is -2.28. The largest absolute Gasteiger partial charge is 0.322 e. The molecule has 3 N–H and O–H groups in total. The molecular formula is C11H12FN3O3. The van der Waals surface area contributed by atoms with Gasteiger partial charge in [0.25, 0.3) is 5.69 Å². The van der Waals surface area contributed by atoms with Crippen molar-refractivity contribution in [3.8, 4) is 0 Å². The number of carbonyl (C=O) groups excluding carboxylic acids is 1. The highest BCUT2D eigenvalue weighted by atomic mass is 19.1. The molecule has 1 amide bonds. The summed E-state index contributed by atoms with van der Waals surface area (Å²) in [6, 6.07) is 2.11. The van der Waals surface area contributed by atoms with Crippen molar-refractivity contribution in [2.75, 3.05) is 5.32 Å². The predicted molar refractivity (Wildman–Crippen MR) is 64.5 cm³/mol. The van der Waals surface area contributed by atoms with E-state index in [0.717, 1.165) is 18.2 Å². The van der Waals surface area contributed by atoms with Crippen molar-refractivity contribution in [2.24, 2.45) is 5.73 Å². The number of rotatable bonds is 5.